The van der Waals surface area contributed by atoms with Crippen molar-refractivity contribution in [2.75, 3.05) is 6.54 Å². The van der Waals surface area contributed by atoms with Crippen LogP contribution in [0.2, 0.25) is 0 Å². The highest BCUT2D eigenvalue weighted by Gasteiger charge is 2.38. The monoisotopic (exact) mass is 213 g/mol. The van der Waals surface area contributed by atoms with Gasteiger partial charge >= 0.3 is 6.18 Å². The number of rotatable bonds is 5. The molecule has 0 aromatic heterocycles. The van der Waals surface area contributed by atoms with Crippen molar-refractivity contribution in [1.29, 1.82) is 0 Å². The van der Waals surface area contributed by atoms with Crippen LogP contribution >= 0.6 is 0 Å². The molecule has 0 saturated carbocycles. The summed E-state index contributed by atoms with van der Waals surface area (Å²) in [6.45, 7) is 5.33. The van der Waals surface area contributed by atoms with Crippen LogP contribution in [0.25, 0.3) is 0 Å². The molecule has 2 unspecified atom stereocenters. The van der Waals surface area contributed by atoms with Crippen molar-refractivity contribution in [1.82, 2.24) is 5.32 Å². The summed E-state index contributed by atoms with van der Waals surface area (Å²) in [6, 6.07) is 0.0204. The first-order chi connectivity index (χ1) is 6.29. The first kappa shape index (κ1) is 13.7. The molecule has 0 radical (unpaired) electrons. The zero-order valence-electron chi connectivity index (χ0n) is 8.73. The second-order valence-corrected chi connectivity index (χ2v) is 3.72. The standard InChI is InChI=1S/C9H18F3NO/c1-4-7(6(2)3)13-5-8(14)9(10,11)12/h6-8,13-14H,4-5H2,1-3H3. The van der Waals surface area contributed by atoms with E-state index in [1.54, 1.807) is 0 Å². The summed E-state index contributed by atoms with van der Waals surface area (Å²) in [5, 5.41) is 11.4. The van der Waals surface area contributed by atoms with E-state index in [2.05, 4.69) is 5.32 Å². The van der Waals surface area contributed by atoms with Gasteiger partial charge in [0.1, 0.15) is 0 Å². The number of hydrogen-bond acceptors (Lipinski definition) is 2. The van der Waals surface area contributed by atoms with Gasteiger partial charge in [-0.2, -0.15) is 13.2 Å². The molecule has 0 aliphatic rings. The van der Waals surface area contributed by atoms with E-state index in [0.29, 0.717) is 0 Å². The van der Waals surface area contributed by atoms with E-state index in [-0.39, 0.29) is 12.0 Å². The highest BCUT2D eigenvalue weighted by Crippen LogP contribution is 2.19. The van der Waals surface area contributed by atoms with E-state index in [0.717, 1.165) is 6.42 Å². The van der Waals surface area contributed by atoms with Crippen LogP contribution in [0.3, 0.4) is 0 Å². The topological polar surface area (TPSA) is 32.3 Å². The third kappa shape index (κ3) is 4.81. The molecule has 0 heterocycles. The predicted molar refractivity (Wildman–Crippen MR) is 49.0 cm³/mol. The SMILES string of the molecule is CCC(NCC(O)C(F)(F)F)C(C)C. The Hall–Kier alpha value is -0.290. The minimum Gasteiger partial charge on any atom is -0.382 e. The van der Waals surface area contributed by atoms with Gasteiger partial charge in [-0.05, 0) is 12.3 Å². The van der Waals surface area contributed by atoms with Crippen molar-refractivity contribution in [2.24, 2.45) is 5.92 Å². The van der Waals surface area contributed by atoms with Gasteiger partial charge in [0.05, 0.1) is 0 Å². The molecule has 2 atom stereocenters. The molecular formula is C9H18F3NO. The molecule has 0 spiro atoms. The molecule has 0 amide bonds. The van der Waals surface area contributed by atoms with Crippen molar-refractivity contribution in [3.8, 4) is 0 Å². The van der Waals surface area contributed by atoms with Gasteiger partial charge in [0, 0.05) is 12.6 Å². The van der Waals surface area contributed by atoms with Crippen molar-refractivity contribution >= 4 is 0 Å². The van der Waals surface area contributed by atoms with E-state index in [4.69, 9.17) is 5.11 Å². The molecule has 0 saturated heterocycles. The van der Waals surface area contributed by atoms with E-state index in [9.17, 15) is 13.2 Å². The Morgan fingerprint density at radius 2 is 1.79 bits per heavy atom. The Morgan fingerprint density at radius 1 is 1.29 bits per heavy atom. The normalized spacial score (nSPS) is 17.1. The zero-order chi connectivity index (χ0) is 11.4. The molecule has 0 rings (SSSR count). The summed E-state index contributed by atoms with van der Waals surface area (Å²) < 4.78 is 35.7. The summed E-state index contributed by atoms with van der Waals surface area (Å²) in [5.41, 5.74) is 0. The van der Waals surface area contributed by atoms with E-state index < -0.39 is 18.8 Å². The number of alkyl halides is 3. The number of aliphatic hydroxyl groups excluding tert-OH is 1. The molecule has 0 aromatic rings. The smallest absolute Gasteiger partial charge is 0.382 e. The highest BCUT2D eigenvalue weighted by molar-refractivity contribution is 4.74. The van der Waals surface area contributed by atoms with Gasteiger partial charge in [-0.3, -0.25) is 0 Å². The van der Waals surface area contributed by atoms with Gasteiger partial charge in [-0.25, -0.2) is 0 Å². The van der Waals surface area contributed by atoms with Crippen LogP contribution in [-0.4, -0.2) is 30.0 Å². The van der Waals surface area contributed by atoms with Crippen molar-refractivity contribution in [3.63, 3.8) is 0 Å². The number of aliphatic hydroxyl groups is 1. The van der Waals surface area contributed by atoms with Crippen LogP contribution in [0.1, 0.15) is 27.2 Å². The number of hydrogen-bond donors (Lipinski definition) is 2. The Morgan fingerprint density at radius 3 is 2.07 bits per heavy atom. The van der Waals surface area contributed by atoms with Crippen LogP contribution < -0.4 is 5.32 Å². The molecule has 86 valence electrons. The largest absolute Gasteiger partial charge is 0.415 e. The maximum atomic E-state index is 11.9. The van der Waals surface area contributed by atoms with Crippen molar-refractivity contribution in [2.45, 2.75) is 45.5 Å². The first-order valence-corrected chi connectivity index (χ1v) is 4.77. The van der Waals surface area contributed by atoms with Crippen LogP contribution in [0.5, 0.6) is 0 Å². The highest BCUT2D eigenvalue weighted by atomic mass is 19.4. The van der Waals surface area contributed by atoms with Gasteiger partial charge < -0.3 is 10.4 Å². The summed E-state index contributed by atoms with van der Waals surface area (Å²) in [6.07, 6.45) is -6.04. The molecule has 5 heteroatoms. The van der Waals surface area contributed by atoms with Gasteiger partial charge in [0.2, 0.25) is 0 Å². The average Bonchev–Trinajstić information content (AvgIpc) is 2.02. The lowest BCUT2D eigenvalue weighted by Crippen LogP contribution is -2.44. The van der Waals surface area contributed by atoms with Crippen LogP contribution in [0, 0.1) is 5.92 Å². The molecule has 0 aliphatic heterocycles. The minimum atomic E-state index is -4.53. The average molecular weight is 213 g/mol. The summed E-state index contributed by atoms with van der Waals surface area (Å²) >= 11 is 0. The van der Waals surface area contributed by atoms with Gasteiger partial charge in [-0.1, -0.05) is 20.8 Å². The lowest BCUT2D eigenvalue weighted by Gasteiger charge is -2.23. The fourth-order valence-electron chi connectivity index (χ4n) is 1.23. The van der Waals surface area contributed by atoms with Crippen molar-refractivity contribution < 1.29 is 18.3 Å². The Balaban J connectivity index is 3.92. The Labute approximate surface area is 82.5 Å². The molecule has 2 N–H and O–H groups in total. The van der Waals surface area contributed by atoms with E-state index >= 15 is 0 Å². The molecular weight excluding hydrogens is 195 g/mol. The lowest BCUT2D eigenvalue weighted by atomic mass is 10.0. The van der Waals surface area contributed by atoms with Crippen LogP contribution in [-0.2, 0) is 0 Å². The van der Waals surface area contributed by atoms with Gasteiger partial charge in [0.15, 0.2) is 6.10 Å². The summed E-state index contributed by atoms with van der Waals surface area (Å²) in [7, 11) is 0. The van der Waals surface area contributed by atoms with E-state index in [1.807, 2.05) is 20.8 Å². The minimum absolute atomic E-state index is 0.0204. The molecule has 0 aromatic carbocycles. The third-order valence-corrected chi connectivity index (χ3v) is 2.20. The number of nitrogens with one attached hydrogen (secondary N) is 1. The predicted octanol–water partition coefficient (Wildman–Crippen LogP) is 1.93. The third-order valence-electron chi connectivity index (χ3n) is 2.20. The Bertz CT molecular complexity index is 157. The van der Waals surface area contributed by atoms with E-state index in [1.165, 1.54) is 0 Å². The first-order valence-electron chi connectivity index (χ1n) is 4.77. The van der Waals surface area contributed by atoms with Crippen LogP contribution in [0.4, 0.5) is 13.2 Å². The fourth-order valence-corrected chi connectivity index (χ4v) is 1.23. The Kier molecular flexibility index (Phi) is 5.44. The second kappa shape index (κ2) is 5.56. The number of halogens is 3. The maximum Gasteiger partial charge on any atom is 0.415 e. The summed E-state index contributed by atoms with van der Waals surface area (Å²) in [5.74, 6) is 0.264. The molecule has 0 bridgehead atoms. The molecule has 0 fully saturated rings. The lowest BCUT2D eigenvalue weighted by molar-refractivity contribution is -0.202. The molecule has 2 nitrogen and oxygen atoms in total. The summed E-state index contributed by atoms with van der Waals surface area (Å²) in [4.78, 5) is 0. The molecule has 14 heavy (non-hydrogen) atoms. The maximum absolute atomic E-state index is 11.9. The second-order valence-electron chi connectivity index (χ2n) is 3.72. The molecule has 0 aliphatic carbocycles. The van der Waals surface area contributed by atoms with Gasteiger partial charge in [0.25, 0.3) is 0 Å². The van der Waals surface area contributed by atoms with Gasteiger partial charge in [-0.15, -0.1) is 0 Å². The fraction of sp³-hybridized carbons (Fsp3) is 1.00. The zero-order valence-corrected chi connectivity index (χ0v) is 8.73. The van der Waals surface area contributed by atoms with Crippen molar-refractivity contribution in [3.05, 3.63) is 0 Å². The van der Waals surface area contributed by atoms with Crippen LogP contribution in [0.15, 0.2) is 0 Å². The quantitative estimate of drug-likeness (QED) is 0.731.